The summed E-state index contributed by atoms with van der Waals surface area (Å²) < 4.78 is 135. The molecule has 86 heavy (non-hydrogen) atoms. The third-order valence-electron chi connectivity index (χ3n) is 15.0. The number of alkyl halides is 6. The number of carbonyl (C=O) groups excluding carboxylic acids is 2. The van der Waals surface area contributed by atoms with Crippen molar-refractivity contribution >= 4 is 33.5 Å². The zero-order valence-corrected chi connectivity index (χ0v) is 46.5. The zero-order valence-electron chi connectivity index (χ0n) is 46.5. The van der Waals surface area contributed by atoms with E-state index in [0.717, 1.165) is 54.9 Å². The monoisotopic (exact) mass is 1180 g/mol. The Morgan fingerprint density at radius 3 is 0.965 bits per heavy atom. The summed E-state index contributed by atoms with van der Waals surface area (Å²) in [6.45, 7) is 5.39. The van der Waals surface area contributed by atoms with Crippen LogP contribution in [0.4, 0.5) is 26.3 Å². The lowest BCUT2D eigenvalue weighted by molar-refractivity contribution is -0.160. The van der Waals surface area contributed by atoms with Crippen LogP contribution in [-0.2, 0) is 28.5 Å². The van der Waals surface area contributed by atoms with Crippen LogP contribution in [0.15, 0.2) is 194 Å². The summed E-state index contributed by atoms with van der Waals surface area (Å²) in [7, 11) is 0. The van der Waals surface area contributed by atoms with Crippen molar-refractivity contribution in [3.05, 3.63) is 194 Å². The van der Waals surface area contributed by atoms with Gasteiger partial charge < -0.3 is 47.4 Å². The van der Waals surface area contributed by atoms with Crippen LogP contribution in [0.25, 0.3) is 54.9 Å². The Bertz CT molecular complexity index is 3390. The molecule has 0 amide bonds. The Balaban J connectivity index is 0.707. The number of benzene rings is 8. The van der Waals surface area contributed by atoms with Crippen molar-refractivity contribution in [2.24, 2.45) is 0 Å². The second-order valence-corrected chi connectivity index (χ2v) is 20.6. The van der Waals surface area contributed by atoms with Gasteiger partial charge in [0.05, 0.1) is 12.2 Å². The van der Waals surface area contributed by atoms with Gasteiger partial charge >= 0.3 is 24.3 Å². The molecular weight excluding hydrogens is 1120 g/mol. The molecule has 0 aromatic heterocycles. The third-order valence-corrected chi connectivity index (χ3v) is 15.0. The van der Waals surface area contributed by atoms with E-state index in [4.69, 9.17) is 47.4 Å². The summed E-state index contributed by atoms with van der Waals surface area (Å²) in [5.41, 5.74) is 2.42. The van der Waals surface area contributed by atoms with E-state index < -0.39 is 47.6 Å². The van der Waals surface area contributed by atoms with E-state index in [1.165, 1.54) is 0 Å². The van der Waals surface area contributed by atoms with E-state index in [2.05, 4.69) is 37.4 Å². The molecule has 0 atom stereocenters. The fourth-order valence-corrected chi connectivity index (χ4v) is 10.3. The van der Waals surface area contributed by atoms with Crippen molar-refractivity contribution in [1.29, 1.82) is 0 Å². The van der Waals surface area contributed by atoms with Crippen molar-refractivity contribution in [1.82, 2.24) is 0 Å². The summed E-state index contributed by atoms with van der Waals surface area (Å²) in [5.74, 6) is 0.678. The molecule has 0 N–H and O–H groups in total. The van der Waals surface area contributed by atoms with Gasteiger partial charge in [-0.15, -0.1) is 0 Å². The molecule has 0 aliphatic heterocycles. The fourth-order valence-electron chi connectivity index (χ4n) is 10.3. The first-order valence-electron chi connectivity index (χ1n) is 27.9. The number of halogens is 6. The summed E-state index contributed by atoms with van der Waals surface area (Å²) >= 11 is 0. The molecule has 2 fully saturated rings. The van der Waals surface area contributed by atoms with Gasteiger partial charge in [-0.25, -0.2) is 9.59 Å². The molecule has 0 saturated heterocycles. The lowest BCUT2D eigenvalue weighted by Gasteiger charge is -2.28. The maximum absolute atomic E-state index is 12.8. The number of fused-ring (bicyclic) bond motifs is 2. The Morgan fingerprint density at radius 2 is 0.651 bits per heavy atom. The molecule has 8 aromatic rings. The largest absolute Gasteiger partial charge is 0.468 e. The average molecular weight is 1180 g/mol. The summed E-state index contributed by atoms with van der Waals surface area (Å²) in [5, 5.41) is 3.92. The van der Waals surface area contributed by atoms with Crippen molar-refractivity contribution in [2.45, 2.75) is 88.1 Å². The molecule has 12 nitrogen and oxygen atoms in total. The smallest absolute Gasteiger partial charge is 0.422 e. The van der Waals surface area contributed by atoms with E-state index in [-0.39, 0.29) is 39.4 Å². The number of ether oxygens (including phenoxy) is 10. The molecule has 18 heteroatoms. The Morgan fingerprint density at radius 1 is 0.360 bits per heavy atom. The second-order valence-electron chi connectivity index (χ2n) is 20.6. The molecular formula is C68H60F6O12. The molecule has 0 heterocycles. The van der Waals surface area contributed by atoms with Crippen LogP contribution >= 0.6 is 0 Å². The van der Waals surface area contributed by atoms with Gasteiger partial charge in [-0.2, -0.15) is 26.3 Å². The Labute approximate surface area is 492 Å². The van der Waals surface area contributed by atoms with Gasteiger partial charge in [0.1, 0.15) is 57.9 Å². The van der Waals surface area contributed by atoms with Gasteiger partial charge in [0.2, 0.25) is 13.6 Å². The van der Waals surface area contributed by atoms with Crippen molar-refractivity contribution in [3.8, 4) is 67.9 Å². The normalized spacial score (nSPS) is 17.0. The highest BCUT2D eigenvalue weighted by Crippen LogP contribution is 2.46. The summed E-state index contributed by atoms with van der Waals surface area (Å²) in [4.78, 5) is 23.6. The van der Waals surface area contributed by atoms with E-state index >= 15 is 0 Å². The number of hydrogen-bond donors (Lipinski definition) is 0. The topological polar surface area (TPSA) is 126 Å². The molecule has 0 bridgehead atoms. The van der Waals surface area contributed by atoms with Gasteiger partial charge in [-0.3, -0.25) is 0 Å². The standard InChI is InChI=1S/C68H60F6O12/c1-43(67(69,70)71)65(75)85-57-33-29-55(30-34-57)79-39-77-51-21-11-45(12-22-51)47-15-25-53(26-16-47)81-41-83-61-37-19-49-7-3-5-9-59(49)63(61)64-60-10-6-4-8-50(60)20-38-62(64)84-42-82-54-27-17-48(18-28-54)46-13-23-52(24-14-46)78-40-80-56-31-35-58(36-32-56)86-66(76)44(2)68(72,73)74/h3-28,37-38,55-58H,1-2,29-36,39-42H2/t55-,56-,57-,58-. The third kappa shape index (κ3) is 15.5. The summed E-state index contributed by atoms with van der Waals surface area (Å²) in [6.07, 6.45) is -7.73. The molecule has 8 aromatic carbocycles. The fraction of sp³-hybridized carbons (Fsp3) is 0.265. The molecule has 2 aliphatic carbocycles. The van der Waals surface area contributed by atoms with E-state index in [9.17, 15) is 35.9 Å². The van der Waals surface area contributed by atoms with Crippen LogP contribution in [0.5, 0.6) is 34.5 Å². The first-order valence-corrected chi connectivity index (χ1v) is 27.9. The number of esters is 2. The average Bonchev–Trinajstić information content (AvgIpc) is 1.47. The van der Waals surface area contributed by atoms with Crippen LogP contribution in [-0.4, -0.2) is 75.9 Å². The summed E-state index contributed by atoms with van der Waals surface area (Å²) in [6, 6.07) is 54.4. The molecule has 446 valence electrons. The number of rotatable bonds is 23. The Hall–Kier alpha value is -9.00. The van der Waals surface area contributed by atoms with Crippen LogP contribution < -0.4 is 28.4 Å². The minimum atomic E-state index is -4.83. The number of carbonyl (C=O) groups is 2. The van der Waals surface area contributed by atoms with E-state index in [1.807, 2.05) is 146 Å². The van der Waals surface area contributed by atoms with Crippen molar-refractivity contribution in [2.75, 3.05) is 27.2 Å². The van der Waals surface area contributed by atoms with Crippen molar-refractivity contribution < 1.29 is 83.3 Å². The van der Waals surface area contributed by atoms with Crippen LogP contribution in [0.1, 0.15) is 51.4 Å². The maximum atomic E-state index is 12.8. The maximum Gasteiger partial charge on any atom is 0.422 e. The molecule has 0 radical (unpaired) electrons. The van der Waals surface area contributed by atoms with Crippen molar-refractivity contribution in [3.63, 3.8) is 0 Å². The highest BCUT2D eigenvalue weighted by molar-refractivity contribution is 6.09. The Kier molecular flexibility index (Phi) is 19.1. The quantitative estimate of drug-likeness (QED) is 0.0262. The lowest BCUT2D eigenvalue weighted by Crippen LogP contribution is -2.31. The molecule has 10 rings (SSSR count). The predicted molar refractivity (Wildman–Crippen MR) is 311 cm³/mol. The van der Waals surface area contributed by atoms with Crippen LogP contribution in [0.3, 0.4) is 0 Å². The minimum absolute atomic E-state index is 0.0168. The lowest BCUT2D eigenvalue weighted by atomic mass is 9.92. The molecule has 0 unspecified atom stereocenters. The minimum Gasteiger partial charge on any atom is -0.468 e. The van der Waals surface area contributed by atoms with E-state index in [0.29, 0.717) is 85.9 Å². The second kappa shape index (κ2) is 27.4. The SMILES string of the molecule is C=C(C(=O)O[C@H]1CC[C@H](OCOc2ccc(-c3ccc(OCOc4ccc5ccccc5c4-c4c(OCOc5ccc(-c6ccc(OCO[C@H]7CC[C@H](OC(=O)C(=C)C(F)(F)F)CC7)cc6)cc5)ccc5ccccc45)cc3)cc2)CC1)C(F)(F)F. The van der Waals surface area contributed by atoms with Crippen LogP contribution in [0, 0.1) is 0 Å². The first kappa shape index (κ1) is 60.1. The highest BCUT2D eigenvalue weighted by Gasteiger charge is 2.40. The first-order chi connectivity index (χ1) is 41.5. The zero-order chi connectivity index (χ0) is 60.2. The van der Waals surface area contributed by atoms with Gasteiger partial charge in [-0.05, 0) is 156 Å². The van der Waals surface area contributed by atoms with Gasteiger partial charge in [-0.1, -0.05) is 122 Å². The van der Waals surface area contributed by atoms with Gasteiger partial charge in [0.15, 0.2) is 13.6 Å². The molecule has 2 aliphatic rings. The van der Waals surface area contributed by atoms with Gasteiger partial charge in [0, 0.05) is 11.1 Å². The molecule has 0 spiro atoms. The number of hydrogen-bond acceptors (Lipinski definition) is 12. The van der Waals surface area contributed by atoms with Crippen LogP contribution in [0.2, 0.25) is 0 Å². The predicted octanol–water partition coefficient (Wildman–Crippen LogP) is 16.5. The highest BCUT2D eigenvalue weighted by atomic mass is 19.4. The van der Waals surface area contributed by atoms with Gasteiger partial charge in [0.25, 0.3) is 0 Å². The molecule has 2 saturated carbocycles. The van der Waals surface area contributed by atoms with E-state index in [1.54, 1.807) is 0 Å².